The van der Waals surface area contributed by atoms with Crippen molar-refractivity contribution in [1.29, 1.82) is 0 Å². The van der Waals surface area contributed by atoms with Crippen LogP contribution < -0.4 is 0 Å². The molecule has 2 N–H and O–H groups in total. The number of benzene rings is 1. The van der Waals surface area contributed by atoms with Gasteiger partial charge in [-0.3, -0.25) is 4.79 Å². The fraction of sp³-hybridized carbons (Fsp3) is 0.467. The van der Waals surface area contributed by atoms with Crippen LogP contribution in [0.5, 0.6) is 0 Å². The Balaban J connectivity index is 2.49. The number of aliphatic carboxylic acids is 1. The molecule has 1 aromatic heterocycles. The third-order valence-corrected chi connectivity index (χ3v) is 3.33. The quantitative estimate of drug-likeness (QED) is 0.888. The zero-order valence-electron chi connectivity index (χ0n) is 11.8. The Kier molecular flexibility index (Phi) is 3.35. The van der Waals surface area contributed by atoms with E-state index in [1.54, 1.807) is 0 Å². The van der Waals surface area contributed by atoms with E-state index in [2.05, 4.69) is 30.7 Å². The summed E-state index contributed by atoms with van der Waals surface area (Å²) in [7, 11) is 0. The SMILES string of the molecule is CCC(C(=O)O)c1ccc2nc(C(C)(C)C)[nH]c2c1. The van der Waals surface area contributed by atoms with Gasteiger partial charge >= 0.3 is 5.97 Å². The van der Waals surface area contributed by atoms with Crippen LogP contribution in [0, 0.1) is 0 Å². The number of hydrogen-bond donors (Lipinski definition) is 2. The van der Waals surface area contributed by atoms with Gasteiger partial charge in [0.05, 0.1) is 17.0 Å². The van der Waals surface area contributed by atoms with Crippen LogP contribution in [0.4, 0.5) is 0 Å². The van der Waals surface area contributed by atoms with Crippen molar-refractivity contribution in [3.63, 3.8) is 0 Å². The number of nitrogens with one attached hydrogen (secondary N) is 1. The van der Waals surface area contributed by atoms with Crippen LogP contribution in [-0.4, -0.2) is 21.0 Å². The monoisotopic (exact) mass is 260 g/mol. The van der Waals surface area contributed by atoms with Crippen LogP contribution in [0.1, 0.15) is 51.4 Å². The number of carbonyl (C=O) groups is 1. The number of H-pyrrole nitrogens is 1. The Morgan fingerprint density at radius 3 is 2.63 bits per heavy atom. The number of carboxylic acids is 1. The van der Waals surface area contributed by atoms with Crippen LogP contribution >= 0.6 is 0 Å². The Labute approximate surface area is 112 Å². The van der Waals surface area contributed by atoms with E-state index in [1.165, 1.54) is 0 Å². The van der Waals surface area contributed by atoms with Crippen LogP contribution in [0.25, 0.3) is 11.0 Å². The maximum Gasteiger partial charge on any atom is 0.310 e. The molecular weight excluding hydrogens is 240 g/mol. The lowest BCUT2D eigenvalue weighted by Gasteiger charge is -2.13. The molecule has 4 heteroatoms. The van der Waals surface area contributed by atoms with Gasteiger partial charge in [-0.05, 0) is 24.1 Å². The average Bonchev–Trinajstić information content (AvgIpc) is 2.72. The van der Waals surface area contributed by atoms with Crippen molar-refractivity contribution in [1.82, 2.24) is 9.97 Å². The van der Waals surface area contributed by atoms with Crippen LogP contribution in [0.15, 0.2) is 18.2 Å². The summed E-state index contributed by atoms with van der Waals surface area (Å²) in [6.07, 6.45) is 0.584. The number of nitrogens with zero attached hydrogens (tertiary/aromatic N) is 1. The van der Waals surface area contributed by atoms with Crippen molar-refractivity contribution in [3.8, 4) is 0 Å². The van der Waals surface area contributed by atoms with Gasteiger partial charge in [0.15, 0.2) is 0 Å². The third-order valence-electron chi connectivity index (χ3n) is 3.33. The summed E-state index contributed by atoms with van der Waals surface area (Å²) in [5, 5.41) is 9.21. The van der Waals surface area contributed by atoms with Gasteiger partial charge < -0.3 is 10.1 Å². The number of hydrogen-bond acceptors (Lipinski definition) is 2. The first-order valence-corrected chi connectivity index (χ1v) is 6.56. The number of rotatable bonds is 3. The van der Waals surface area contributed by atoms with Crippen molar-refractivity contribution in [3.05, 3.63) is 29.6 Å². The summed E-state index contributed by atoms with van der Waals surface area (Å²) in [6, 6.07) is 5.65. The first kappa shape index (κ1) is 13.6. The zero-order chi connectivity index (χ0) is 14.2. The number of fused-ring (bicyclic) bond motifs is 1. The number of aromatic amines is 1. The van der Waals surface area contributed by atoms with E-state index < -0.39 is 11.9 Å². The largest absolute Gasteiger partial charge is 0.481 e. The molecule has 2 rings (SSSR count). The molecule has 0 saturated heterocycles. The molecule has 1 atom stereocenters. The average molecular weight is 260 g/mol. The molecule has 0 aliphatic heterocycles. The lowest BCUT2D eigenvalue weighted by atomic mass is 9.96. The van der Waals surface area contributed by atoms with E-state index in [1.807, 2.05) is 25.1 Å². The van der Waals surface area contributed by atoms with Gasteiger partial charge in [-0.2, -0.15) is 0 Å². The minimum atomic E-state index is -0.780. The molecule has 0 fully saturated rings. The van der Waals surface area contributed by atoms with E-state index >= 15 is 0 Å². The molecule has 0 aliphatic carbocycles. The predicted octanol–water partition coefficient (Wildman–Crippen LogP) is 3.44. The van der Waals surface area contributed by atoms with E-state index in [9.17, 15) is 9.90 Å². The van der Waals surface area contributed by atoms with Gasteiger partial charge in [0.25, 0.3) is 0 Å². The molecule has 1 heterocycles. The molecule has 1 unspecified atom stereocenters. The van der Waals surface area contributed by atoms with Gasteiger partial charge in [0.2, 0.25) is 0 Å². The van der Waals surface area contributed by atoms with Crippen LogP contribution in [0.3, 0.4) is 0 Å². The van der Waals surface area contributed by atoms with Gasteiger partial charge in [0, 0.05) is 5.41 Å². The molecule has 2 aromatic rings. The van der Waals surface area contributed by atoms with Crippen molar-refractivity contribution >= 4 is 17.0 Å². The second-order valence-corrected chi connectivity index (χ2v) is 5.91. The third kappa shape index (κ3) is 2.62. The number of carboxylic acid groups (broad SMARTS) is 1. The van der Waals surface area contributed by atoms with Gasteiger partial charge in [0.1, 0.15) is 5.82 Å². The highest BCUT2D eigenvalue weighted by molar-refractivity contribution is 5.81. The summed E-state index contributed by atoms with van der Waals surface area (Å²) in [4.78, 5) is 19.0. The molecule has 0 spiro atoms. The summed E-state index contributed by atoms with van der Waals surface area (Å²) in [6.45, 7) is 8.17. The molecule has 0 saturated carbocycles. The van der Waals surface area contributed by atoms with E-state index in [0.29, 0.717) is 6.42 Å². The lowest BCUT2D eigenvalue weighted by molar-refractivity contribution is -0.138. The lowest BCUT2D eigenvalue weighted by Crippen LogP contribution is -2.12. The van der Waals surface area contributed by atoms with Crippen molar-refractivity contribution in [2.24, 2.45) is 0 Å². The Morgan fingerprint density at radius 2 is 2.11 bits per heavy atom. The van der Waals surface area contributed by atoms with E-state index in [4.69, 9.17) is 0 Å². The molecule has 4 nitrogen and oxygen atoms in total. The molecule has 1 aromatic carbocycles. The normalized spacial score (nSPS) is 13.7. The number of imidazole rings is 1. The second-order valence-electron chi connectivity index (χ2n) is 5.91. The number of aromatic nitrogens is 2. The standard InChI is InChI=1S/C15H20N2O2/c1-5-10(13(18)19)9-6-7-11-12(8-9)17-14(16-11)15(2,3)4/h6-8,10H,5H2,1-4H3,(H,16,17)(H,18,19). The molecule has 0 bridgehead atoms. The van der Waals surface area contributed by atoms with E-state index in [-0.39, 0.29) is 5.41 Å². The molecule has 0 amide bonds. The highest BCUT2D eigenvalue weighted by Gasteiger charge is 2.21. The Hall–Kier alpha value is -1.84. The summed E-state index contributed by atoms with van der Waals surface area (Å²) in [5.74, 6) is -0.314. The van der Waals surface area contributed by atoms with Gasteiger partial charge in [-0.25, -0.2) is 4.98 Å². The van der Waals surface area contributed by atoms with Gasteiger partial charge in [-0.1, -0.05) is 33.8 Å². The van der Waals surface area contributed by atoms with Crippen LogP contribution in [-0.2, 0) is 10.2 Å². The topological polar surface area (TPSA) is 66.0 Å². The maximum absolute atomic E-state index is 11.2. The van der Waals surface area contributed by atoms with Crippen molar-refractivity contribution in [2.45, 2.75) is 45.4 Å². The van der Waals surface area contributed by atoms with Crippen molar-refractivity contribution in [2.75, 3.05) is 0 Å². The first-order chi connectivity index (χ1) is 8.82. The zero-order valence-corrected chi connectivity index (χ0v) is 11.8. The molecule has 19 heavy (non-hydrogen) atoms. The fourth-order valence-electron chi connectivity index (χ4n) is 2.15. The van der Waals surface area contributed by atoms with E-state index in [0.717, 1.165) is 22.4 Å². The molecule has 102 valence electrons. The minimum absolute atomic E-state index is 0.0455. The highest BCUT2D eigenvalue weighted by Crippen LogP contribution is 2.26. The smallest absolute Gasteiger partial charge is 0.310 e. The highest BCUT2D eigenvalue weighted by atomic mass is 16.4. The molecule has 0 radical (unpaired) electrons. The fourth-order valence-corrected chi connectivity index (χ4v) is 2.15. The molecular formula is C15H20N2O2. The molecule has 0 aliphatic rings. The Morgan fingerprint density at radius 1 is 1.42 bits per heavy atom. The first-order valence-electron chi connectivity index (χ1n) is 6.56. The summed E-state index contributed by atoms with van der Waals surface area (Å²) < 4.78 is 0. The van der Waals surface area contributed by atoms with Gasteiger partial charge in [-0.15, -0.1) is 0 Å². The van der Waals surface area contributed by atoms with Crippen molar-refractivity contribution < 1.29 is 9.90 Å². The van der Waals surface area contributed by atoms with Crippen LogP contribution in [0.2, 0.25) is 0 Å². The Bertz CT molecular complexity index is 608. The predicted molar refractivity (Wildman–Crippen MR) is 75.5 cm³/mol. The summed E-state index contributed by atoms with van der Waals surface area (Å²) >= 11 is 0. The minimum Gasteiger partial charge on any atom is -0.481 e. The maximum atomic E-state index is 11.2. The summed E-state index contributed by atoms with van der Waals surface area (Å²) in [5.41, 5.74) is 2.57. The second kappa shape index (κ2) is 4.68.